The van der Waals surface area contributed by atoms with Crippen LogP contribution in [0.2, 0.25) is 5.02 Å². The molecular formula is C17H23ClN2O4S. The fourth-order valence-corrected chi connectivity index (χ4v) is 4.10. The number of anilines is 1. The Hall–Kier alpha value is -1.33. The van der Waals surface area contributed by atoms with Gasteiger partial charge in [-0.1, -0.05) is 11.6 Å². The van der Waals surface area contributed by atoms with Crippen molar-refractivity contribution in [3.8, 4) is 6.07 Å². The van der Waals surface area contributed by atoms with Gasteiger partial charge in [-0.25, -0.2) is 0 Å². The zero-order chi connectivity index (χ0) is 19.0. The summed E-state index contributed by atoms with van der Waals surface area (Å²) in [6.07, 6.45) is 4.57. The molecule has 3 atom stereocenters. The molecular weight excluding hydrogens is 364 g/mol. The maximum Gasteiger partial charge on any atom is 0.261 e. The summed E-state index contributed by atoms with van der Waals surface area (Å²) in [5.74, 6) is 0. The third kappa shape index (κ3) is 4.85. The zero-order valence-electron chi connectivity index (χ0n) is 14.5. The second kappa shape index (κ2) is 7.12. The van der Waals surface area contributed by atoms with Gasteiger partial charge in [-0.05, 0) is 57.2 Å². The Morgan fingerprint density at radius 2 is 1.80 bits per heavy atom. The largest absolute Gasteiger partial charge is 0.390 e. The standard InChI is InChI=1S/C16H19ClN2O.CH4O3S/c1-10-14(6-3-11(9-18)15(10)17)19-12-4-5-13(19)8-16(2,20)7-12;1-5(2,3)4/h3,6,12-13,20H,4-5,7-8H2,1-2H3;1H3,(H,2,3,4)/t12-,13+,16?;. The first-order valence-electron chi connectivity index (χ1n) is 8.05. The van der Waals surface area contributed by atoms with E-state index in [1.807, 2.05) is 19.9 Å². The van der Waals surface area contributed by atoms with E-state index in [-0.39, 0.29) is 0 Å². The Balaban J connectivity index is 0.000000399. The summed E-state index contributed by atoms with van der Waals surface area (Å²) >= 11 is 6.29. The van der Waals surface area contributed by atoms with Crippen molar-refractivity contribution in [2.24, 2.45) is 0 Å². The predicted octanol–water partition coefficient (Wildman–Crippen LogP) is 2.91. The Labute approximate surface area is 153 Å². The smallest absolute Gasteiger partial charge is 0.261 e. The van der Waals surface area contributed by atoms with Gasteiger partial charge in [0.2, 0.25) is 0 Å². The van der Waals surface area contributed by atoms with E-state index in [2.05, 4.69) is 11.0 Å². The van der Waals surface area contributed by atoms with Gasteiger partial charge in [0.1, 0.15) is 6.07 Å². The van der Waals surface area contributed by atoms with Gasteiger partial charge in [0.25, 0.3) is 10.1 Å². The lowest BCUT2D eigenvalue weighted by atomic mass is 9.87. The average molecular weight is 387 g/mol. The van der Waals surface area contributed by atoms with Gasteiger partial charge >= 0.3 is 0 Å². The Bertz CT molecular complexity index is 778. The van der Waals surface area contributed by atoms with E-state index in [1.54, 1.807) is 6.07 Å². The third-order valence-electron chi connectivity index (χ3n) is 4.73. The number of rotatable bonds is 1. The van der Waals surface area contributed by atoms with Crippen LogP contribution in [0.1, 0.15) is 43.7 Å². The number of nitrogens with zero attached hydrogens (tertiary/aromatic N) is 2. The molecule has 2 fully saturated rings. The molecule has 0 aromatic heterocycles. The molecule has 2 N–H and O–H groups in total. The van der Waals surface area contributed by atoms with Crippen molar-refractivity contribution in [1.29, 1.82) is 5.26 Å². The number of hydrogen-bond acceptors (Lipinski definition) is 5. The number of nitriles is 1. The maximum absolute atomic E-state index is 10.3. The molecule has 0 aliphatic carbocycles. The van der Waals surface area contributed by atoms with Gasteiger partial charge in [-0.15, -0.1) is 0 Å². The summed E-state index contributed by atoms with van der Waals surface area (Å²) < 4.78 is 25.9. The van der Waals surface area contributed by atoms with E-state index in [4.69, 9.17) is 21.4 Å². The molecule has 1 aromatic rings. The van der Waals surface area contributed by atoms with Crippen molar-refractivity contribution in [2.45, 2.75) is 57.2 Å². The van der Waals surface area contributed by atoms with Gasteiger partial charge in [-0.2, -0.15) is 13.7 Å². The molecule has 2 heterocycles. The van der Waals surface area contributed by atoms with Gasteiger partial charge in [-0.3, -0.25) is 4.55 Å². The Morgan fingerprint density at radius 1 is 1.32 bits per heavy atom. The second-order valence-corrected chi connectivity index (χ2v) is 8.96. The number of piperidine rings is 1. The van der Waals surface area contributed by atoms with E-state index in [1.165, 1.54) is 0 Å². The fraction of sp³-hybridized carbons (Fsp3) is 0.588. The van der Waals surface area contributed by atoms with Gasteiger partial charge in [0.15, 0.2) is 0 Å². The summed E-state index contributed by atoms with van der Waals surface area (Å²) in [5, 5.41) is 19.9. The third-order valence-corrected chi connectivity index (χ3v) is 5.21. The van der Waals surface area contributed by atoms with Crippen LogP contribution in [0, 0.1) is 18.3 Å². The maximum atomic E-state index is 10.3. The molecule has 0 saturated carbocycles. The normalized spacial score (nSPS) is 28.1. The molecule has 0 radical (unpaired) electrons. The van der Waals surface area contributed by atoms with Crippen molar-refractivity contribution < 1.29 is 18.1 Å². The first kappa shape index (κ1) is 20.0. The highest BCUT2D eigenvalue weighted by Crippen LogP contribution is 2.45. The van der Waals surface area contributed by atoms with E-state index < -0.39 is 15.7 Å². The van der Waals surface area contributed by atoms with Crippen molar-refractivity contribution >= 4 is 27.4 Å². The molecule has 1 unspecified atom stereocenters. The van der Waals surface area contributed by atoms with Crippen LogP contribution in [0.5, 0.6) is 0 Å². The van der Waals surface area contributed by atoms with Crippen molar-refractivity contribution in [3.05, 3.63) is 28.3 Å². The first-order chi connectivity index (χ1) is 11.4. The Kier molecular flexibility index (Phi) is 5.69. The van der Waals surface area contributed by atoms with Crippen LogP contribution in [0.3, 0.4) is 0 Å². The van der Waals surface area contributed by atoms with Crippen LogP contribution in [-0.2, 0) is 10.1 Å². The molecule has 8 heteroatoms. The van der Waals surface area contributed by atoms with Crippen LogP contribution in [0.25, 0.3) is 0 Å². The molecule has 2 saturated heterocycles. The molecule has 0 amide bonds. The highest BCUT2D eigenvalue weighted by molar-refractivity contribution is 7.85. The summed E-state index contributed by atoms with van der Waals surface area (Å²) in [5.41, 5.74) is 2.08. The topological polar surface area (TPSA) is 102 Å². The quantitative estimate of drug-likeness (QED) is 0.719. The van der Waals surface area contributed by atoms with E-state index >= 15 is 0 Å². The van der Waals surface area contributed by atoms with Crippen LogP contribution < -0.4 is 4.90 Å². The molecule has 25 heavy (non-hydrogen) atoms. The van der Waals surface area contributed by atoms with Crippen molar-refractivity contribution in [3.63, 3.8) is 0 Å². The molecule has 6 nitrogen and oxygen atoms in total. The number of aliphatic hydroxyl groups is 1. The first-order valence-corrected chi connectivity index (χ1v) is 10.3. The molecule has 3 rings (SSSR count). The van der Waals surface area contributed by atoms with Crippen LogP contribution >= 0.6 is 11.6 Å². The summed E-state index contributed by atoms with van der Waals surface area (Å²) in [7, 11) is -3.67. The monoisotopic (exact) mass is 386 g/mol. The average Bonchev–Trinajstić information content (AvgIpc) is 2.73. The molecule has 2 aliphatic rings. The minimum atomic E-state index is -3.67. The number of fused-ring (bicyclic) bond motifs is 2. The van der Waals surface area contributed by atoms with E-state index in [0.717, 1.165) is 36.9 Å². The minimum absolute atomic E-state index is 0.381. The molecule has 2 bridgehead atoms. The van der Waals surface area contributed by atoms with E-state index in [9.17, 15) is 13.5 Å². The van der Waals surface area contributed by atoms with Crippen LogP contribution in [-0.4, -0.2) is 42.0 Å². The predicted molar refractivity (Wildman–Crippen MR) is 97.5 cm³/mol. The lowest BCUT2D eigenvalue weighted by Gasteiger charge is -2.44. The fourth-order valence-electron chi connectivity index (χ4n) is 3.89. The SMILES string of the molecule is CS(=O)(=O)O.Cc1c(N2[C@@H]3CC[C@H]2CC(C)(O)C3)ccc(C#N)c1Cl. The lowest BCUT2D eigenvalue weighted by molar-refractivity contribution is 0.0199. The molecule has 0 spiro atoms. The van der Waals surface area contributed by atoms with Gasteiger partial charge < -0.3 is 10.0 Å². The van der Waals surface area contributed by atoms with Crippen LogP contribution in [0.15, 0.2) is 12.1 Å². The molecule has 138 valence electrons. The zero-order valence-corrected chi connectivity index (χ0v) is 16.1. The number of halogens is 1. The lowest BCUT2D eigenvalue weighted by Crippen LogP contribution is -2.50. The summed E-state index contributed by atoms with van der Waals surface area (Å²) in [6, 6.07) is 6.70. The van der Waals surface area contributed by atoms with Crippen LogP contribution in [0.4, 0.5) is 5.69 Å². The second-order valence-electron chi connectivity index (χ2n) is 7.11. The molecule has 2 aliphatic heterocycles. The van der Waals surface area contributed by atoms with E-state index in [0.29, 0.717) is 28.9 Å². The van der Waals surface area contributed by atoms with Gasteiger partial charge in [0, 0.05) is 17.8 Å². The summed E-state index contributed by atoms with van der Waals surface area (Å²) in [4.78, 5) is 2.42. The van der Waals surface area contributed by atoms with Gasteiger partial charge in [0.05, 0.1) is 22.4 Å². The number of hydrogen-bond donors (Lipinski definition) is 2. The highest BCUT2D eigenvalue weighted by Gasteiger charge is 2.45. The Morgan fingerprint density at radius 3 is 2.24 bits per heavy atom. The highest BCUT2D eigenvalue weighted by atomic mass is 35.5. The minimum Gasteiger partial charge on any atom is -0.390 e. The van der Waals surface area contributed by atoms with Crippen molar-refractivity contribution in [2.75, 3.05) is 11.2 Å². The van der Waals surface area contributed by atoms with Crippen molar-refractivity contribution in [1.82, 2.24) is 0 Å². The molecule has 1 aromatic carbocycles. The number of benzene rings is 1. The summed E-state index contributed by atoms with van der Waals surface area (Å²) in [6.45, 7) is 3.92.